The SMILES string of the molecule is CC(=O)C(C)CCC=O.CCCC=O.CCc1cc(CC(=O)NCc2cccc3ccccc23)ccc1C(C)=O.CCc1cc(CC(=O)Nc2ccc(O)cc2)ccc1C(C)=O. The second-order valence-corrected chi connectivity index (χ2v) is 14.9. The highest BCUT2D eigenvalue weighted by Crippen LogP contribution is 2.20. The number of hydrogen-bond donors (Lipinski definition) is 3. The van der Waals surface area contributed by atoms with Crippen LogP contribution in [0.3, 0.4) is 0 Å². The molecule has 62 heavy (non-hydrogen) atoms. The Morgan fingerprint density at radius 2 is 1.16 bits per heavy atom. The highest BCUT2D eigenvalue weighted by atomic mass is 16.3. The molecule has 328 valence electrons. The molecule has 0 saturated heterocycles. The minimum atomic E-state index is -0.136. The largest absolute Gasteiger partial charge is 0.508 e. The van der Waals surface area contributed by atoms with Gasteiger partial charge in [0.1, 0.15) is 24.1 Å². The van der Waals surface area contributed by atoms with Crippen LogP contribution in [0.5, 0.6) is 5.75 Å². The molecular formula is C52H62N2O8. The zero-order valence-corrected chi connectivity index (χ0v) is 37.2. The number of Topliss-reactive ketones (excluding diaryl/α,β-unsaturated/α-hetero) is 3. The molecule has 10 heteroatoms. The average molecular weight is 843 g/mol. The van der Waals surface area contributed by atoms with E-state index in [0.717, 1.165) is 70.6 Å². The van der Waals surface area contributed by atoms with Crippen LogP contribution in [0.4, 0.5) is 5.69 Å². The molecule has 0 bridgehead atoms. The van der Waals surface area contributed by atoms with Crippen molar-refractivity contribution >= 4 is 58.2 Å². The number of hydrogen-bond acceptors (Lipinski definition) is 8. The first-order valence-electron chi connectivity index (χ1n) is 21.1. The standard InChI is InChI=1S/C23H23NO2.C18H19NO3.C7H12O2.C4H8O/c1-3-18-13-17(11-12-21(18)16(2)25)14-23(26)24-15-20-9-6-8-19-7-4-5-10-22(19)20;1-3-14-10-13(4-9-17(14)12(2)20)11-18(22)19-15-5-7-16(21)8-6-15;1-6(7(2)9)4-3-5-8;1-2-3-4-5/h4-13H,3,14-15H2,1-2H3,(H,24,26);4-10,21H,3,11H2,1-2H3,(H,19,22);5-6H,3-4H2,1-2H3;4H,2-3H2,1H3. The number of phenolic OH excluding ortho intramolecular Hbond substituents is 1. The Morgan fingerprint density at radius 3 is 1.65 bits per heavy atom. The van der Waals surface area contributed by atoms with Crippen molar-refractivity contribution in [2.45, 2.75) is 106 Å². The maximum atomic E-state index is 12.4. The van der Waals surface area contributed by atoms with E-state index in [1.807, 2.05) is 82.3 Å². The summed E-state index contributed by atoms with van der Waals surface area (Å²) in [5.74, 6) is 0.321. The fourth-order valence-corrected chi connectivity index (χ4v) is 6.25. The minimum absolute atomic E-state index is 0.0180. The summed E-state index contributed by atoms with van der Waals surface area (Å²) in [5.41, 5.74) is 6.97. The first-order valence-corrected chi connectivity index (χ1v) is 21.1. The summed E-state index contributed by atoms with van der Waals surface area (Å²) >= 11 is 0. The summed E-state index contributed by atoms with van der Waals surface area (Å²) in [6.07, 6.45) is 6.74. The lowest BCUT2D eigenvalue weighted by Gasteiger charge is -2.10. The molecule has 2 amide bonds. The van der Waals surface area contributed by atoms with Crippen LogP contribution in [-0.4, -0.2) is 46.8 Å². The van der Waals surface area contributed by atoms with Gasteiger partial charge < -0.3 is 25.3 Å². The van der Waals surface area contributed by atoms with Crippen molar-refractivity contribution in [1.29, 1.82) is 0 Å². The molecule has 10 nitrogen and oxygen atoms in total. The summed E-state index contributed by atoms with van der Waals surface area (Å²) in [5, 5.41) is 17.3. The number of rotatable bonds is 17. The van der Waals surface area contributed by atoms with Gasteiger partial charge in [0.25, 0.3) is 0 Å². The molecular weight excluding hydrogens is 781 g/mol. The number of carbonyl (C=O) groups excluding carboxylic acids is 7. The highest BCUT2D eigenvalue weighted by molar-refractivity contribution is 5.97. The number of aryl methyl sites for hydroxylation is 2. The Labute approximate surface area is 366 Å². The lowest BCUT2D eigenvalue weighted by molar-refractivity contribution is -0.121. The first-order chi connectivity index (χ1) is 29.7. The van der Waals surface area contributed by atoms with Crippen molar-refractivity contribution in [2.75, 3.05) is 5.32 Å². The van der Waals surface area contributed by atoms with Crippen molar-refractivity contribution < 1.29 is 38.7 Å². The molecule has 0 aliphatic heterocycles. The monoisotopic (exact) mass is 842 g/mol. The highest BCUT2D eigenvalue weighted by Gasteiger charge is 2.12. The van der Waals surface area contributed by atoms with Crippen LogP contribution in [0.1, 0.15) is 123 Å². The third kappa shape index (κ3) is 18.4. The summed E-state index contributed by atoms with van der Waals surface area (Å²) in [6, 6.07) is 31.8. The van der Waals surface area contributed by atoms with Gasteiger partial charge in [0, 0.05) is 42.1 Å². The van der Waals surface area contributed by atoms with E-state index in [4.69, 9.17) is 0 Å². The number of ketones is 3. The molecule has 1 atom stereocenters. The van der Waals surface area contributed by atoms with Crippen molar-refractivity contribution in [1.82, 2.24) is 5.32 Å². The van der Waals surface area contributed by atoms with E-state index in [1.165, 1.54) is 17.5 Å². The van der Waals surface area contributed by atoms with Gasteiger partial charge in [-0.3, -0.25) is 24.0 Å². The third-order valence-corrected chi connectivity index (χ3v) is 9.91. The summed E-state index contributed by atoms with van der Waals surface area (Å²) in [4.78, 5) is 77.3. The summed E-state index contributed by atoms with van der Waals surface area (Å²) < 4.78 is 0. The van der Waals surface area contributed by atoms with E-state index >= 15 is 0 Å². The number of phenols is 1. The van der Waals surface area contributed by atoms with Crippen molar-refractivity contribution in [2.24, 2.45) is 5.92 Å². The summed E-state index contributed by atoms with van der Waals surface area (Å²) in [7, 11) is 0. The van der Waals surface area contributed by atoms with Crippen LogP contribution in [0.15, 0.2) is 103 Å². The van der Waals surface area contributed by atoms with Gasteiger partial charge in [0.15, 0.2) is 11.6 Å². The molecule has 0 fully saturated rings. The van der Waals surface area contributed by atoms with E-state index in [2.05, 4.69) is 28.8 Å². The maximum absolute atomic E-state index is 12.4. The quantitative estimate of drug-likeness (QED) is 0.0473. The van der Waals surface area contributed by atoms with Crippen LogP contribution >= 0.6 is 0 Å². The normalized spacial score (nSPS) is 10.6. The van der Waals surface area contributed by atoms with E-state index in [-0.39, 0.29) is 47.3 Å². The lowest BCUT2D eigenvalue weighted by atomic mass is 9.98. The van der Waals surface area contributed by atoms with Crippen LogP contribution in [0, 0.1) is 5.92 Å². The van der Waals surface area contributed by atoms with Gasteiger partial charge in [-0.05, 0) is 109 Å². The number of fused-ring (bicyclic) bond motifs is 1. The second kappa shape index (κ2) is 28.1. The Kier molecular flexibility index (Phi) is 23.4. The molecule has 0 aliphatic rings. The van der Waals surface area contributed by atoms with Gasteiger partial charge in [-0.25, -0.2) is 0 Å². The Hall–Kier alpha value is -6.55. The van der Waals surface area contributed by atoms with Crippen molar-refractivity contribution in [3.05, 3.63) is 142 Å². The van der Waals surface area contributed by atoms with E-state index in [1.54, 1.807) is 39.0 Å². The number of anilines is 1. The van der Waals surface area contributed by atoms with Crippen LogP contribution in [0.25, 0.3) is 10.8 Å². The van der Waals surface area contributed by atoms with Crippen LogP contribution < -0.4 is 10.6 Å². The Morgan fingerprint density at radius 1 is 0.629 bits per heavy atom. The predicted octanol–water partition coefficient (Wildman–Crippen LogP) is 9.98. The van der Waals surface area contributed by atoms with Crippen LogP contribution in [0.2, 0.25) is 0 Å². The molecule has 0 aliphatic carbocycles. The smallest absolute Gasteiger partial charge is 0.228 e. The van der Waals surface area contributed by atoms with Gasteiger partial charge in [-0.15, -0.1) is 0 Å². The fraction of sp³-hybridized carbons (Fsp3) is 0.327. The molecule has 0 radical (unpaired) electrons. The molecule has 0 aromatic heterocycles. The van der Waals surface area contributed by atoms with E-state index < -0.39 is 0 Å². The first kappa shape index (κ1) is 51.6. The molecule has 5 rings (SSSR count). The fourth-order valence-electron chi connectivity index (χ4n) is 6.25. The third-order valence-electron chi connectivity index (χ3n) is 9.91. The molecule has 0 saturated carbocycles. The number of aromatic hydroxyl groups is 1. The summed E-state index contributed by atoms with van der Waals surface area (Å²) in [6.45, 7) is 13.0. The molecule has 1 unspecified atom stereocenters. The zero-order chi connectivity index (χ0) is 46.0. The molecule has 0 heterocycles. The number of unbranched alkanes of at least 4 members (excludes halogenated alkanes) is 1. The molecule has 5 aromatic rings. The Bertz CT molecular complexity index is 2260. The van der Waals surface area contributed by atoms with Gasteiger partial charge in [-0.1, -0.05) is 107 Å². The van der Waals surface area contributed by atoms with Gasteiger partial charge >= 0.3 is 0 Å². The van der Waals surface area contributed by atoms with Gasteiger partial charge in [0.05, 0.1) is 12.8 Å². The topological polar surface area (TPSA) is 164 Å². The van der Waals surface area contributed by atoms with Gasteiger partial charge in [0.2, 0.25) is 11.8 Å². The Balaban J connectivity index is 0.000000331. The van der Waals surface area contributed by atoms with Crippen molar-refractivity contribution in [3.8, 4) is 5.75 Å². The number of nitrogens with one attached hydrogen (secondary N) is 2. The average Bonchev–Trinajstić information content (AvgIpc) is 3.26. The minimum Gasteiger partial charge on any atom is -0.508 e. The lowest BCUT2D eigenvalue weighted by Crippen LogP contribution is -2.24. The predicted molar refractivity (Wildman–Crippen MR) is 248 cm³/mol. The van der Waals surface area contributed by atoms with Crippen molar-refractivity contribution in [3.63, 3.8) is 0 Å². The molecule has 0 spiro atoms. The van der Waals surface area contributed by atoms with Gasteiger partial charge in [-0.2, -0.15) is 0 Å². The number of carbonyl (C=O) groups is 7. The number of aldehydes is 2. The number of amides is 2. The van der Waals surface area contributed by atoms with Crippen LogP contribution in [-0.2, 0) is 56.2 Å². The maximum Gasteiger partial charge on any atom is 0.228 e. The van der Waals surface area contributed by atoms with E-state index in [0.29, 0.717) is 43.5 Å². The second-order valence-electron chi connectivity index (χ2n) is 14.9. The number of benzene rings is 5. The van der Waals surface area contributed by atoms with E-state index in [9.17, 15) is 38.7 Å². The molecule has 5 aromatic carbocycles. The molecule has 3 N–H and O–H groups in total. The zero-order valence-electron chi connectivity index (χ0n) is 37.2.